The van der Waals surface area contributed by atoms with Gasteiger partial charge in [0, 0.05) is 25.9 Å². The van der Waals surface area contributed by atoms with Crippen LogP contribution in [0.2, 0.25) is 0 Å². The highest BCUT2D eigenvalue weighted by Crippen LogP contribution is 2.05. The summed E-state index contributed by atoms with van der Waals surface area (Å²) in [5.74, 6) is 0.757. The maximum absolute atomic E-state index is 8.43. The topological polar surface area (TPSA) is 48.2 Å². The first-order chi connectivity index (χ1) is 5.63. The van der Waals surface area contributed by atoms with E-state index in [0.717, 1.165) is 11.4 Å². The van der Waals surface area contributed by atoms with Crippen molar-refractivity contribution in [3.8, 4) is 0 Å². The lowest BCUT2D eigenvalue weighted by molar-refractivity contribution is 0.310. The molecule has 4 nitrogen and oxygen atoms in total. The minimum atomic E-state index is -0.199. The summed E-state index contributed by atoms with van der Waals surface area (Å²) in [6.07, 6.45) is 1.57. The van der Waals surface area contributed by atoms with Gasteiger partial charge in [-0.1, -0.05) is 0 Å². The molecule has 68 valence electrons. The van der Waals surface area contributed by atoms with Gasteiger partial charge >= 0.3 is 0 Å². The van der Waals surface area contributed by atoms with E-state index >= 15 is 0 Å². The third-order valence-corrected chi connectivity index (χ3v) is 1.29. The SMILES string of the molecule is C=N/C(=C(C)\C=N/CO)N(C)C. The van der Waals surface area contributed by atoms with Crippen LogP contribution in [0, 0.1) is 0 Å². The fraction of sp³-hybridized carbons (Fsp3) is 0.500. The summed E-state index contributed by atoms with van der Waals surface area (Å²) in [7, 11) is 3.75. The van der Waals surface area contributed by atoms with Crippen molar-refractivity contribution in [1.29, 1.82) is 0 Å². The van der Waals surface area contributed by atoms with Gasteiger partial charge in [0.2, 0.25) is 0 Å². The normalized spacial score (nSPS) is 13.0. The zero-order chi connectivity index (χ0) is 9.56. The van der Waals surface area contributed by atoms with Gasteiger partial charge in [0.05, 0.1) is 0 Å². The van der Waals surface area contributed by atoms with Gasteiger partial charge in [-0.15, -0.1) is 0 Å². The molecule has 0 rings (SSSR count). The molecule has 0 aliphatic heterocycles. The summed E-state index contributed by atoms with van der Waals surface area (Å²) in [5.41, 5.74) is 0.879. The standard InChI is InChI=1S/C8H15N3O/c1-7(5-10-6-12)8(9-2)11(3)4/h5,12H,2,6H2,1,3-4H3/b8-7+,10-5-. The molecule has 0 saturated heterocycles. The lowest BCUT2D eigenvalue weighted by Gasteiger charge is -2.13. The van der Waals surface area contributed by atoms with Gasteiger partial charge in [0.15, 0.2) is 0 Å². The zero-order valence-electron chi connectivity index (χ0n) is 7.78. The quantitative estimate of drug-likeness (QED) is 0.623. The molecule has 0 bridgehead atoms. The number of aliphatic imine (C=N–C) groups is 2. The van der Waals surface area contributed by atoms with E-state index in [1.165, 1.54) is 0 Å². The highest BCUT2D eigenvalue weighted by atomic mass is 16.3. The Bertz CT molecular complexity index is 206. The average molecular weight is 169 g/mol. The number of aliphatic hydroxyl groups excluding tert-OH is 1. The summed E-state index contributed by atoms with van der Waals surface area (Å²) in [6.45, 7) is 5.10. The van der Waals surface area contributed by atoms with E-state index in [4.69, 9.17) is 5.11 Å². The Labute approximate surface area is 72.9 Å². The zero-order valence-corrected chi connectivity index (χ0v) is 7.78. The molecule has 0 unspecified atom stereocenters. The Hall–Kier alpha value is -1.16. The van der Waals surface area contributed by atoms with Crippen molar-refractivity contribution in [3.63, 3.8) is 0 Å². The van der Waals surface area contributed by atoms with Crippen LogP contribution in [0.1, 0.15) is 6.92 Å². The lowest BCUT2D eigenvalue weighted by Crippen LogP contribution is -2.11. The van der Waals surface area contributed by atoms with Crippen LogP contribution in [0.4, 0.5) is 0 Å². The number of nitrogens with zero attached hydrogens (tertiary/aromatic N) is 3. The van der Waals surface area contributed by atoms with E-state index in [1.54, 1.807) is 6.21 Å². The lowest BCUT2D eigenvalue weighted by atomic mass is 10.3. The predicted octanol–water partition coefficient (Wildman–Crippen LogP) is 0.501. The minimum absolute atomic E-state index is 0.199. The largest absolute Gasteiger partial charge is 0.375 e. The average Bonchev–Trinajstić information content (AvgIpc) is 2.01. The number of hydrogen-bond donors (Lipinski definition) is 1. The van der Waals surface area contributed by atoms with Crippen molar-refractivity contribution in [2.45, 2.75) is 6.92 Å². The third kappa shape index (κ3) is 3.30. The molecule has 0 heterocycles. The van der Waals surface area contributed by atoms with Crippen molar-refractivity contribution >= 4 is 12.9 Å². The van der Waals surface area contributed by atoms with Crippen LogP contribution in [0.25, 0.3) is 0 Å². The molecule has 0 aromatic heterocycles. The van der Waals surface area contributed by atoms with Crippen LogP contribution in [-0.2, 0) is 0 Å². The number of allylic oxidation sites excluding steroid dienone is 1. The Morgan fingerprint density at radius 3 is 2.50 bits per heavy atom. The molecule has 0 amide bonds. The van der Waals surface area contributed by atoms with E-state index in [2.05, 4.69) is 16.7 Å². The van der Waals surface area contributed by atoms with Crippen LogP contribution >= 0.6 is 0 Å². The number of hydrogen-bond acceptors (Lipinski definition) is 4. The van der Waals surface area contributed by atoms with E-state index < -0.39 is 0 Å². The Balaban J connectivity index is 4.60. The van der Waals surface area contributed by atoms with Crippen molar-refractivity contribution in [2.75, 3.05) is 20.8 Å². The van der Waals surface area contributed by atoms with Crippen LogP contribution in [0.15, 0.2) is 21.4 Å². The van der Waals surface area contributed by atoms with Gasteiger partial charge in [0.25, 0.3) is 0 Å². The maximum atomic E-state index is 8.43. The summed E-state index contributed by atoms with van der Waals surface area (Å²) in [4.78, 5) is 9.34. The molecule has 0 aliphatic carbocycles. The van der Waals surface area contributed by atoms with Crippen molar-refractivity contribution in [1.82, 2.24) is 4.90 Å². The Morgan fingerprint density at radius 1 is 1.58 bits per heavy atom. The molecule has 0 saturated carbocycles. The Morgan fingerprint density at radius 2 is 2.17 bits per heavy atom. The minimum Gasteiger partial charge on any atom is -0.375 e. The first-order valence-corrected chi connectivity index (χ1v) is 3.59. The van der Waals surface area contributed by atoms with Gasteiger partial charge in [0.1, 0.15) is 12.6 Å². The van der Waals surface area contributed by atoms with Crippen LogP contribution < -0.4 is 0 Å². The molecule has 0 spiro atoms. The second kappa shape index (κ2) is 5.49. The Kier molecular flexibility index (Phi) is 4.96. The molecule has 0 aromatic carbocycles. The van der Waals surface area contributed by atoms with Gasteiger partial charge in [-0.2, -0.15) is 0 Å². The summed E-state index contributed by atoms with van der Waals surface area (Å²) in [5, 5.41) is 8.43. The molecule has 12 heavy (non-hydrogen) atoms. The van der Waals surface area contributed by atoms with Crippen LogP contribution in [0.5, 0.6) is 0 Å². The highest BCUT2D eigenvalue weighted by Gasteiger charge is 1.98. The molecule has 0 atom stereocenters. The van der Waals surface area contributed by atoms with Crippen molar-refractivity contribution in [2.24, 2.45) is 9.98 Å². The highest BCUT2D eigenvalue weighted by molar-refractivity contribution is 5.78. The molecule has 4 heteroatoms. The van der Waals surface area contributed by atoms with Gasteiger partial charge in [-0.3, -0.25) is 4.99 Å². The molecule has 1 N–H and O–H groups in total. The third-order valence-electron chi connectivity index (χ3n) is 1.29. The van der Waals surface area contributed by atoms with Gasteiger partial charge in [-0.25, -0.2) is 4.99 Å². The second-order valence-corrected chi connectivity index (χ2v) is 2.51. The summed E-state index contributed by atoms with van der Waals surface area (Å²) < 4.78 is 0. The molecule has 0 fully saturated rings. The van der Waals surface area contributed by atoms with E-state index in [1.807, 2.05) is 25.9 Å². The number of aliphatic hydroxyl groups is 1. The summed E-state index contributed by atoms with van der Waals surface area (Å²) in [6, 6.07) is 0. The van der Waals surface area contributed by atoms with Crippen LogP contribution in [-0.4, -0.2) is 43.8 Å². The summed E-state index contributed by atoms with van der Waals surface area (Å²) >= 11 is 0. The fourth-order valence-electron chi connectivity index (χ4n) is 0.854. The second-order valence-electron chi connectivity index (χ2n) is 2.51. The molecule has 0 radical (unpaired) electrons. The molecular formula is C8H15N3O. The first kappa shape index (κ1) is 10.8. The fourth-order valence-corrected chi connectivity index (χ4v) is 0.854. The number of rotatable bonds is 4. The molecular weight excluding hydrogens is 154 g/mol. The van der Waals surface area contributed by atoms with E-state index in [9.17, 15) is 0 Å². The van der Waals surface area contributed by atoms with E-state index in [0.29, 0.717) is 0 Å². The van der Waals surface area contributed by atoms with Crippen molar-refractivity contribution in [3.05, 3.63) is 11.4 Å². The first-order valence-electron chi connectivity index (χ1n) is 3.59. The smallest absolute Gasteiger partial charge is 0.134 e. The van der Waals surface area contributed by atoms with Gasteiger partial charge in [-0.05, 0) is 13.6 Å². The van der Waals surface area contributed by atoms with Gasteiger partial charge < -0.3 is 10.0 Å². The predicted molar refractivity (Wildman–Crippen MR) is 51.5 cm³/mol. The molecule has 0 aliphatic rings. The maximum Gasteiger partial charge on any atom is 0.134 e. The molecule has 0 aromatic rings. The van der Waals surface area contributed by atoms with Crippen molar-refractivity contribution < 1.29 is 5.11 Å². The monoisotopic (exact) mass is 169 g/mol. The van der Waals surface area contributed by atoms with E-state index in [-0.39, 0.29) is 6.73 Å². The van der Waals surface area contributed by atoms with Crippen LogP contribution in [0.3, 0.4) is 0 Å².